The highest BCUT2D eigenvalue weighted by molar-refractivity contribution is 6.20. The van der Waals surface area contributed by atoms with Gasteiger partial charge in [-0.2, -0.15) is 0 Å². The van der Waals surface area contributed by atoms with Crippen molar-refractivity contribution in [1.82, 2.24) is 14.5 Å². The molecule has 0 aromatic carbocycles. The van der Waals surface area contributed by atoms with Crippen LogP contribution in [0.2, 0.25) is 0 Å². The minimum absolute atomic E-state index is 0.274. The molecule has 8 heteroatoms. The average Bonchev–Trinajstić information content (AvgIpc) is 3.22. The summed E-state index contributed by atoms with van der Waals surface area (Å²) in [6.45, 7) is 7.42. The highest BCUT2D eigenvalue weighted by Crippen LogP contribution is 2.29. The number of carbonyl (C=O) groups is 2. The lowest BCUT2D eigenvalue weighted by Crippen LogP contribution is -2.27. The highest BCUT2D eigenvalue weighted by atomic mass is 16.6. The Morgan fingerprint density at radius 3 is 2.56 bits per heavy atom. The van der Waals surface area contributed by atoms with Crippen LogP contribution in [0.4, 0.5) is 10.6 Å². The van der Waals surface area contributed by atoms with Gasteiger partial charge in [0.1, 0.15) is 11.4 Å². The van der Waals surface area contributed by atoms with Crippen LogP contribution in [0.3, 0.4) is 0 Å². The summed E-state index contributed by atoms with van der Waals surface area (Å²) in [5.41, 5.74) is 1.04. The number of nitrogens with one attached hydrogen (secondary N) is 1. The number of ether oxygens (including phenoxy) is 2. The molecule has 32 heavy (non-hydrogen) atoms. The molecule has 2 aromatic rings. The van der Waals surface area contributed by atoms with Crippen LogP contribution < -0.4 is 5.32 Å². The number of nitrogens with zero attached hydrogens (tertiary/aromatic N) is 3. The second-order valence-electron chi connectivity index (χ2n) is 8.88. The van der Waals surface area contributed by atoms with Gasteiger partial charge in [-0.25, -0.2) is 19.6 Å². The fourth-order valence-electron chi connectivity index (χ4n) is 3.64. The summed E-state index contributed by atoms with van der Waals surface area (Å²) in [4.78, 5) is 33.3. The van der Waals surface area contributed by atoms with Gasteiger partial charge in [-0.1, -0.05) is 19.3 Å². The number of esters is 1. The standard InChI is InChI=1S/C24H32N4O4/c1-5-31-22(29)19(20-15-28(16-26-20)18-9-7-6-8-10-18)13-17-11-12-21(25-14-17)27-23(30)32-24(2,3)4/h11-16,18H,5-10H2,1-4H3,(H,25,27,30)/b19-13-. The summed E-state index contributed by atoms with van der Waals surface area (Å²) < 4.78 is 12.6. The van der Waals surface area contributed by atoms with Crippen LogP contribution >= 0.6 is 0 Å². The van der Waals surface area contributed by atoms with Crippen molar-refractivity contribution in [3.63, 3.8) is 0 Å². The van der Waals surface area contributed by atoms with Crippen molar-refractivity contribution < 1.29 is 19.1 Å². The first kappa shape index (κ1) is 23.5. The molecule has 1 N–H and O–H groups in total. The number of imidazole rings is 1. The second-order valence-corrected chi connectivity index (χ2v) is 8.88. The third-order valence-electron chi connectivity index (χ3n) is 5.10. The van der Waals surface area contributed by atoms with Gasteiger partial charge in [0.15, 0.2) is 0 Å². The number of rotatable bonds is 6. The van der Waals surface area contributed by atoms with Crippen molar-refractivity contribution in [3.05, 3.63) is 42.1 Å². The largest absolute Gasteiger partial charge is 0.462 e. The normalized spacial score (nSPS) is 15.3. The molecule has 1 saturated carbocycles. The molecule has 0 unspecified atom stereocenters. The van der Waals surface area contributed by atoms with Gasteiger partial charge >= 0.3 is 12.1 Å². The minimum Gasteiger partial charge on any atom is -0.462 e. The Hall–Kier alpha value is -3.16. The summed E-state index contributed by atoms with van der Waals surface area (Å²) >= 11 is 0. The third kappa shape index (κ3) is 6.67. The molecule has 0 atom stereocenters. The zero-order valence-corrected chi connectivity index (χ0v) is 19.3. The van der Waals surface area contributed by atoms with Gasteiger partial charge in [0.25, 0.3) is 0 Å². The van der Waals surface area contributed by atoms with E-state index in [0.29, 0.717) is 28.7 Å². The predicted molar refractivity (Wildman–Crippen MR) is 123 cm³/mol. The fourth-order valence-corrected chi connectivity index (χ4v) is 3.64. The summed E-state index contributed by atoms with van der Waals surface area (Å²) in [5, 5.41) is 2.59. The maximum atomic E-state index is 12.6. The number of amides is 1. The van der Waals surface area contributed by atoms with E-state index < -0.39 is 17.7 Å². The molecule has 1 aliphatic rings. The van der Waals surface area contributed by atoms with Crippen LogP contribution in [0, 0.1) is 0 Å². The topological polar surface area (TPSA) is 95.3 Å². The second kappa shape index (κ2) is 10.4. The van der Waals surface area contributed by atoms with Gasteiger partial charge in [0.05, 0.1) is 24.2 Å². The number of pyridine rings is 1. The quantitative estimate of drug-likeness (QED) is 0.488. The molecule has 1 amide bonds. The van der Waals surface area contributed by atoms with E-state index in [1.807, 2.05) is 6.20 Å². The maximum Gasteiger partial charge on any atom is 0.413 e. The Morgan fingerprint density at radius 1 is 1.19 bits per heavy atom. The van der Waals surface area contributed by atoms with Crippen molar-refractivity contribution in [2.75, 3.05) is 11.9 Å². The molecule has 8 nitrogen and oxygen atoms in total. The molecule has 0 spiro atoms. The van der Waals surface area contributed by atoms with E-state index in [1.54, 1.807) is 58.4 Å². The lowest BCUT2D eigenvalue weighted by atomic mass is 9.95. The Labute approximate surface area is 189 Å². The highest BCUT2D eigenvalue weighted by Gasteiger charge is 2.20. The smallest absolute Gasteiger partial charge is 0.413 e. The lowest BCUT2D eigenvalue weighted by molar-refractivity contribution is -0.136. The van der Waals surface area contributed by atoms with Gasteiger partial charge in [0, 0.05) is 18.4 Å². The van der Waals surface area contributed by atoms with E-state index in [1.165, 1.54) is 19.3 Å². The van der Waals surface area contributed by atoms with Gasteiger partial charge in [-0.3, -0.25) is 5.32 Å². The molecule has 3 rings (SSSR count). The van der Waals surface area contributed by atoms with Gasteiger partial charge in [-0.15, -0.1) is 0 Å². The molecule has 0 saturated heterocycles. The SMILES string of the molecule is CCOC(=O)/C(=C\c1ccc(NC(=O)OC(C)(C)C)nc1)c1cn(C2CCCCC2)cn1. The summed E-state index contributed by atoms with van der Waals surface area (Å²) in [6.07, 6.45) is 12.4. The van der Waals surface area contributed by atoms with E-state index >= 15 is 0 Å². The van der Waals surface area contributed by atoms with E-state index in [4.69, 9.17) is 9.47 Å². The molecule has 0 aliphatic heterocycles. The van der Waals surface area contributed by atoms with E-state index in [2.05, 4.69) is 19.9 Å². The predicted octanol–water partition coefficient (Wildman–Crippen LogP) is 5.23. The molecule has 0 bridgehead atoms. The van der Waals surface area contributed by atoms with Gasteiger partial charge < -0.3 is 14.0 Å². The van der Waals surface area contributed by atoms with E-state index in [0.717, 1.165) is 12.8 Å². The molecule has 0 radical (unpaired) electrons. The number of aromatic nitrogens is 3. The van der Waals surface area contributed by atoms with Gasteiger partial charge in [0.2, 0.25) is 0 Å². The van der Waals surface area contributed by atoms with Crippen LogP contribution in [0.15, 0.2) is 30.9 Å². The average molecular weight is 441 g/mol. The van der Waals surface area contributed by atoms with Crippen molar-refractivity contribution in [2.45, 2.75) is 71.4 Å². The summed E-state index contributed by atoms with van der Waals surface area (Å²) in [6, 6.07) is 3.84. The first-order chi connectivity index (χ1) is 15.2. The van der Waals surface area contributed by atoms with Crippen LogP contribution in [-0.4, -0.2) is 38.8 Å². The Morgan fingerprint density at radius 2 is 1.94 bits per heavy atom. The molecule has 2 heterocycles. The van der Waals surface area contributed by atoms with E-state index in [9.17, 15) is 9.59 Å². The zero-order chi connectivity index (χ0) is 23.1. The Bertz CT molecular complexity index is 951. The first-order valence-corrected chi connectivity index (χ1v) is 11.1. The molecular weight excluding hydrogens is 408 g/mol. The van der Waals surface area contributed by atoms with Gasteiger partial charge in [-0.05, 0) is 64.3 Å². The van der Waals surface area contributed by atoms with Crippen molar-refractivity contribution in [1.29, 1.82) is 0 Å². The van der Waals surface area contributed by atoms with Crippen LogP contribution in [0.25, 0.3) is 11.6 Å². The number of hydrogen-bond acceptors (Lipinski definition) is 6. The third-order valence-corrected chi connectivity index (χ3v) is 5.10. The lowest BCUT2D eigenvalue weighted by Gasteiger charge is -2.22. The fraction of sp³-hybridized carbons (Fsp3) is 0.500. The number of anilines is 1. The number of carbonyl (C=O) groups excluding carboxylic acids is 2. The summed E-state index contributed by atoms with van der Waals surface area (Å²) in [7, 11) is 0. The molecule has 172 valence electrons. The molecule has 1 fully saturated rings. The van der Waals surface area contributed by atoms with Crippen LogP contribution in [0.5, 0.6) is 0 Å². The molecule has 1 aliphatic carbocycles. The Balaban J connectivity index is 1.78. The maximum absolute atomic E-state index is 12.6. The van der Waals surface area contributed by atoms with E-state index in [-0.39, 0.29) is 6.61 Å². The van der Waals surface area contributed by atoms with Crippen molar-refractivity contribution in [2.24, 2.45) is 0 Å². The summed E-state index contributed by atoms with van der Waals surface area (Å²) in [5.74, 6) is -0.0759. The Kier molecular flexibility index (Phi) is 7.66. The van der Waals surface area contributed by atoms with Crippen molar-refractivity contribution in [3.8, 4) is 0 Å². The zero-order valence-electron chi connectivity index (χ0n) is 19.3. The monoisotopic (exact) mass is 440 g/mol. The van der Waals surface area contributed by atoms with Crippen LogP contribution in [-0.2, 0) is 14.3 Å². The molecular formula is C24H32N4O4. The minimum atomic E-state index is -0.595. The van der Waals surface area contributed by atoms with Crippen molar-refractivity contribution >= 4 is 29.5 Å². The van der Waals surface area contributed by atoms with Crippen LogP contribution in [0.1, 0.15) is 77.1 Å². The first-order valence-electron chi connectivity index (χ1n) is 11.1. The number of hydrogen-bond donors (Lipinski definition) is 1. The molecule has 2 aromatic heterocycles.